The van der Waals surface area contributed by atoms with E-state index >= 15 is 0 Å². The van der Waals surface area contributed by atoms with E-state index in [2.05, 4.69) is 21.2 Å². The molecule has 1 atom stereocenters. The average Bonchev–Trinajstić information content (AvgIpc) is 2.74. The van der Waals surface area contributed by atoms with Gasteiger partial charge in [0.1, 0.15) is 12.6 Å². The van der Waals surface area contributed by atoms with Crippen LogP contribution in [0.1, 0.15) is 18.1 Å². The zero-order valence-electron chi connectivity index (χ0n) is 18.6. The summed E-state index contributed by atoms with van der Waals surface area (Å²) in [4.78, 5) is 37.5. The molecule has 0 aromatic heterocycles. The van der Waals surface area contributed by atoms with Crippen molar-refractivity contribution >= 4 is 49.1 Å². The van der Waals surface area contributed by atoms with Crippen molar-refractivity contribution in [2.45, 2.75) is 26.4 Å². The number of aryl methyl sites for hydroxylation is 1. The number of benzene rings is 2. The molecule has 33 heavy (non-hydrogen) atoms. The summed E-state index contributed by atoms with van der Waals surface area (Å²) in [7, 11) is -2.55. The number of hydrogen-bond donors (Lipinski definition) is 1. The molecule has 0 unspecified atom stereocenters. The molecule has 2 aromatic rings. The lowest BCUT2D eigenvalue weighted by Gasteiger charge is -2.31. The van der Waals surface area contributed by atoms with Gasteiger partial charge in [0.2, 0.25) is 21.8 Å². The molecule has 0 aliphatic heterocycles. The summed E-state index contributed by atoms with van der Waals surface area (Å²) >= 11 is 3.37. The Labute approximate surface area is 200 Å². The number of amides is 2. The molecule has 0 aliphatic carbocycles. The predicted molar refractivity (Wildman–Crippen MR) is 128 cm³/mol. The van der Waals surface area contributed by atoms with Crippen molar-refractivity contribution in [1.29, 1.82) is 0 Å². The fourth-order valence-electron chi connectivity index (χ4n) is 3.20. The minimum atomic E-state index is -3.99. The van der Waals surface area contributed by atoms with Crippen LogP contribution in [0.5, 0.6) is 0 Å². The Morgan fingerprint density at radius 3 is 2.42 bits per heavy atom. The minimum absolute atomic E-state index is 0.0232. The van der Waals surface area contributed by atoms with Gasteiger partial charge in [0.25, 0.3) is 5.69 Å². The van der Waals surface area contributed by atoms with E-state index in [1.807, 2.05) is 6.07 Å². The number of likely N-dealkylation sites (N-methyl/N-ethyl adjacent to an activating group) is 1. The molecule has 1 N–H and O–H groups in total. The SMILES string of the molecule is CNC(=O)[C@@H](C)N(Cc1cccc(Br)c1)C(=O)CN(c1cc([N+](=O)[O-])ccc1C)S(C)(=O)=O. The first-order chi connectivity index (χ1) is 15.3. The maximum Gasteiger partial charge on any atom is 0.271 e. The van der Waals surface area contributed by atoms with Crippen LogP contribution in [0.3, 0.4) is 0 Å². The van der Waals surface area contributed by atoms with Crippen molar-refractivity contribution in [3.05, 3.63) is 68.2 Å². The lowest BCUT2D eigenvalue weighted by molar-refractivity contribution is -0.384. The van der Waals surface area contributed by atoms with E-state index in [4.69, 9.17) is 0 Å². The Hall–Kier alpha value is -2.99. The summed E-state index contributed by atoms with van der Waals surface area (Å²) < 4.78 is 26.8. The van der Waals surface area contributed by atoms with Crippen LogP contribution in [0.2, 0.25) is 0 Å². The highest BCUT2D eigenvalue weighted by Gasteiger charge is 2.30. The Bertz CT molecular complexity index is 1170. The second-order valence-electron chi connectivity index (χ2n) is 7.44. The maximum atomic E-state index is 13.3. The van der Waals surface area contributed by atoms with Gasteiger partial charge >= 0.3 is 0 Å². The van der Waals surface area contributed by atoms with E-state index in [1.54, 1.807) is 25.1 Å². The number of nitrogens with one attached hydrogen (secondary N) is 1. The molecule has 2 amide bonds. The summed E-state index contributed by atoms with van der Waals surface area (Å²) in [5, 5.41) is 13.7. The summed E-state index contributed by atoms with van der Waals surface area (Å²) in [6.07, 6.45) is 0.916. The number of halogens is 1. The number of hydrogen-bond acceptors (Lipinski definition) is 6. The number of sulfonamides is 1. The van der Waals surface area contributed by atoms with Gasteiger partial charge in [-0.25, -0.2) is 8.42 Å². The first-order valence-electron chi connectivity index (χ1n) is 9.83. The molecule has 0 aliphatic rings. The second kappa shape index (κ2) is 10.8. The van der Waals surface area contributed by atoms with E-state index in [0.29, 0.717) is 5.56 Å². The Kier molecular flexibility index (Phi) is 8.56. The first kappa shape index (κ1) is 26.3. The van der Waals surface area contributed by atoms with Crippen LogP contribution in [0.4, 0.5) is 11.4 Å². The molecule has 0 bridgehead atoms. The lowest BCUT2D eigenvalue weighted by atomic mass is 10.1. The van der Waals surface area contributed by atoms with Crippen LogP contribution in [0.15, 0.2) is 46.9 Å². The van der Waals surface area contributed by atoms with Crippen LogP contribution in [-0.2, 0) is 26.2 Å². The van der Waals surface area contributed by atoms with Crippen LogP contribution in [0, 0.1) is 17.0 Å². The van der Waals surface area contributed by atoms with Crippen molar-refractivity contribution in [3.63, 3.8) is 0 Å². The normalized spacial score (nSPS) is 12.0. The fraction of sp³-hybridized carbons (Fsp3) is 0.333. The first-order valence-corrected chi connectivity index (χ1v) is 12.5. The average molecular weight is 541 g/mol. The van der Waals surface area contributed by atoms with Gasteiger partial charge in [-0.05, 0) is 37.1 Å². The molecular weight excluding hydrogens is 516 g/mol. The zero-order valence-corrected chi connectivity index (χ0v) is 21.0. The topological polar surface area (TPSA) is 130 Å². The Morgan fingerprint density at radius 1 is 1.21 bits per heavy atom. The van der Waals surface area contributed by atoms with E-state index in [1.165, 1.54) is 31.0 Å². The zero-order chi connectivity index (χ0) is 24.9. The van der Waals surface area contributed by atoms with E-state index in [0.717, 1.165) is 26.7 Å². The summed E-state index contributed by atoms with van der Waals surface area (Å²) in [5.74, 6) is -1.06. The number of anilines is 1. The number of carbonyl (C=O) groups excluding carboxylic acids is 2. The van der Waals surface area contributed by atoms with Gasteiger partial charge in [-0.3, -0.25) is 24.0 Å². The van der Waals surface area contributed by atoms with E-state index in [9.17, 15) is 28.1 Å². The van der Waals surface area contributed by atoms with Crippen molar-refractivity contribution in [2.24, 2.45) is 0 Å². The van der Waals surface area contributed by atoms with Gasteiger partial charge in [0.15, 0.2) is 0 Å². The molecule has 178 valence electrons. The van der Waals surface area contributed by atoms with Crippen LogP contribution in [0.25, 0.3) is 0 Å². The van der Waals surface area contributed by atoms with Gasteiger partial charge in [-0.1, -0.05) is 34.1 Å². The van der Waals surface area contributed by atoms with Crippen LogP contribution >= 0.6 is 15.9 Å². The van der Waals surface area contributed by atoms with Gasteiger partial charge in [0.05, 0.1) is 16.9 Å². The number of nitrogens with zero attached hydrogens (tertiary/aromatic N) is 3. The van der Waals surface area contributed by atoms with Crippen LogP contribution < -0.4 is 9.62 Å². The number of nitro groups is 1. The molecular formula is C21H25BrN4O6S. The third-order valence-corrected chi connectivity index (χ3v) is 6.63. The van der Waals surface area contributed by atoms with Gasteiger partial charge < -0.3 is 10.2 Å². The van der Waals surface area contributed by atoms with Crippen LogP contribution in [-0.4, -0.2) is 55.9 Å². The maximum absolute atomic E-state index is 13.3. The molecule has 2 aromatic carbocycles. The highest BCUT2D eigenvalue weighted by Crippen LogP contribution is 2.28. The second-order valence-corrected chi connectivity index (χ2v) is 10.3. The van der Waals surface area contributed by atoms with E-state index < -0.39 is 39.3 Å². The molecule has 0 fully saturated rings. The summed E-state index contributed by atoms with van der Waals surface area (Å²) in [6, 6.07) is 10.1. The fourth-order valence-corrected chi connectivity index (χ4v) is 4.54. The van der Waals surface area contributed by atoms with Crippen molar-refractivity contribution in [1.82, 2.24) is 10.2 Å². The smallest absolute Gasteiger partial charge is 0.271 e. The quantitative estimate of drug-likeness (QED) is 0.384. The largest absolute Gasteiger partial charge is 0.357 e. The molecule has 0 radical (unpaired) electrons. The highest BCUT2D eigenvalue weighted by atomic mass is 79.9. The standard InChI is InChI=1S/C21H25BrN4O6S/c1-14-8-9-18(26(29)30)11-19(14)25(33(4,31)32)13-20(27)24(15(2)21(28)23-3)12-16-6-5-7-17(22)10-16/h5-11,15H,12-13H2,1-4H3,(H,23,28)/t15-/m1/s1. The van der Waals surface area contributed by atoms with Crippen molar-refractivity contribution < 1.29 is 22.9 Å². The molecule has 0 saturated heterocycles. The molecule has 0 heterocycles. The van der Waals surface area contributed by atoms with E-state index in [-0.39, 0.29) is 17.9 Å². The molecule has 0 spiro atoms. The lowest BCUT2D eigenvalue weighted by Crippen LogP contribution is -2.50. The Morgan fingerprint density at radius 2 is 1.88 bits per heavy atom. The minimum Gasteiger partial charge on any atom is -0.357 e. The number of non-ortho nitro benzene ring substituents is 1. The predicted octanol–water partition coefficient (Wildman–Crippen LogP) is 2.60. The third kappa shape index (κ3) is 6.75. The third-order valence-electron chi connectivity index (χ3n) is 5.01. The number of carbonyl (C=O) groups is 2. The number of rotatable bonds is 9. The summed E-state index contributed by atoms with van der Waals surface area (Å²) in [6.45, 7) is 2.56. The monoisotopic (exact) mass is 540 g/mol. The molecule has 2 rings (SSSR count). The van der Waals surface area contributed by atoms with Gasteiger partial charge in [-0.2, -0.15) is 0 Å². The Balaban J connectivity index is 2.48. The van der Waals surface area contributed by atoms with Gasteiger partial charge in [0, 0.05) is 30.2 Å². The summed E-state index contributed by atoms with van der Waals surface area (Å²) in [5.41, 5.74) is 0.888. The van der Waals surface area contributed by atoms with Crippen molar-refractivity contribution in [2.75, 3.05) is 24.2 Å². The van der Waals surface area contributed by atoms with Crippen molar-refractivity contribution in [3.8, 4) is 0 Å². The highest BCUT2D eigenvalue weighted by molar-refractivity contribution is 9.10. The van der Waals surface area contributed by atoms with Gasteiger partial charge in [-0.15, -0.1) is 0 Å². The number of nitro benzene ring substituents is 1. The molecule has 0 saturated carbocycles. The molecule has 10 nitrogen and oxygen atoms in total. The molecule has 12 heteroatoms.